The smallest absolute Gasteiger partial charge is 0.168 e. The normalized spacial score (nSPS) is 10.2. The van der Waals surface area contributed by atoms with Crippen molar-refractivity contribution in [3.05, 3.63) is 48.5 Å². The molecule has 3 N–H and O–H groups in total. The molecule has 22 heavy (non-hydrogen) atoms. The van der Waals surface area contributed by atoms with Crippen molar-refractivity contribution in [1.29, 1.82) is 0 Å². The zero-order chi connectivity index (χ0) is 15.8. The van der Waals surface area contributed by atoms with E-state index in [9.17, 15) is 0 Å². The molecule has 0 aromatic heterocycles. The number of rotatable bonds is 6. The van der Waals surface area contributed by atoms with Crippen LogP contribution in [-0.2, 0) is 0 Å². The molecule has 0 bridgehead atoms. The van der Waals surface area contributed by atoms with Crippen molar-refractivity contribution in [2.45, 2.75) is 26.2 Å². The number of nitrogens with one attached hydrogen (secondary N) is 1. The lowest BCUT2D eigenvalue weighted by molar-refractivity contribution is 0.308. The predicted molar refractivity (Wildman–Crippen MR) is 97.3 cm³/mol. The molecule has 0 saturated carbocycles. The summed E-state index contributed by atoms with van der Waals surface area (Å²) in [6.45, 7) is 2.90. The molecule has 2 aliphatic rings. The summed E-state index contributed by atoms with van der Waals surface area (Å²) in [6.07, 6.45) is 3.44. The van der Waals surface area contributed by atoms with E-state index < -0.39 is 0 Å². The second-order valence-corrected chi connectivity index (χ2v) is 5.56. The van der Waals surface area contributed by atoms with Gasteiger partial charge < -0.3 is 15.8 Å². The molecule has 2 aliphatic carbocycles. The number of ether oxygens (including phenoxy) is 1. The minimum Gasteiger partial charge on any atom is -0.491 e. The zero-order valence-electron chi connectivity index (χ0n) is 12.8. The molecular formula is C18H22N2OS. The van der Waals surface area contributed by atoms with Crippen molar-refractivity contribution in [2.24, 2.45) is 5.73 Å². The number of anilines is 1. The third-order valence-corrected chi connectivity index (χ3v) is 3.37. The van der Waals surface area contributed by atoms with E-state index in [-0.39, 0.29) is 5.11 Å². The summed E-state index contributed by atoms with van der Waals surface area (Å²) >= 11 is 4.80. The molecule has 3 nitrogen and oxygen atoms in total. The number of benzene rings is 2. The van der Waals surface area contributed by atoms with Crippen LogP contribution in [-0.4, -0.2) is 11.7 Å². The highest BCUT2D eigenvalue weighted by atomic mass is 32.1. The average molecular weight is 314 g/mol. The van der Waals surface area contributed by atoms with E-state index in [0.717, 1.165) is 24.5 Å². The Morgan fingerprint density at radius 2 is 1.82 bits per heavy atom. The highest BCUT2D eigenvalue weighted by Crippen LogP contribution is 2.32. The van der Waals surface area contributed by atoms with E-state index >= 15 is 0 Å². The number of nitrogens with two attached hydrogens (primary N) is 1. The van der Waals surface area contributed by atoms with Gasteiger partial charge >= 0.3 is 0 Å². The molecule has 1 aromatic rings. The second kappa shape index (κ2) is 8.39. The molecule has 0 fully saturated rings. The first-order chi connectivity index (χ1) is 10.7. The maximum atomic E-state index is 5.66. The summed E-state index contributed by atoms with van der Waals surface area (Å²) in [6, 6.07) is 16.1. The molecule has 0 spiro atoms. The number of fused-ring (bicyclic) bond motifs is 1. The number of hydrogen-bond acceptors (Lipinski definition) is 2. The van der Waals surface area contributed by atoms with Crippen LogP contribution in [0.1, 0.15) is 26.2 Å². The molecule has 0 saturated heterocycles. The van der Waals surface area contributed by atoms with Crippen molar-refractivity contribution >= 4 is 23.0 Å². The number of para-hydroxylation sites is 2. The maximum absolute atomic E-state index is 5.66. The first-order valence-electron chi connectivity index (χ1n) is 7.59. The zero-order valence-corrected chi connectivity index (χ0v) is 13.7. The lowest BCUT2D eigenvalue weighted by Gasteiger charge is -2.11. The lowest BCUT2D eigenvalue weighted by atomic mass is 10.2. The van der Waals surface area contributed by atoms with Crippen LogP contribution in [0.2, 0.25) is 0 Å². The van der Waals surface area contributed by atoms with Crippen molar-refractivity contribution in [3.63, 3.8) is 0 Å². The second-order valence-electron chi connectivity index (χ2n) is 5.12. The van der Waals surface area contributed by atoms with Gasteiger partial charge in [-0.3, -0.25) is 0 Å². The minimum atomic E-state index is 0.254. The van der Waals surface area contributed by atoms with Gasteiger partial charge in [0.05, 0.1) is 12.3 Å². The third-order valence-electron chi connectivity index (χ3n) is 3.26. The Morgan fingerprint density at radius 1 is 1.09 bits per heavy atom. The van der Waals surface area contributed by atoms with Crippen molar-refractivity contribution in [2.75, 3.05) is 11.9 Å². The quantitative estimate of drug-likeness (QED) is 0.516. The van der Waals surface area contributed by atoms with Crippen LogP contribution in [0.3, 0.4) is 0 Å². The Kier molecular flexibility index (Phi) is 6.22. The van der Waals surface area contributed by atoms with E-state index in [1.165, 1.54) is 24.0 Å². The molecule has 0 aliphatic heterocycles. The highest BCUT2D eigenvalue weighted by molar-refractivity contribution is 7.80. The third kappa shape index (κ3) is 5.37. The van der Waals surface area contributed by atoms with Gasteiger partial charge in [-0.05, 0) is 48.0 Å². The van der Waals surface area contributed by atoms with Crippen molar-refractivity contribution in [3.8, 4) is 16.9 Å². The SMILES string of the molecule is CCCCCOc1ccccc1NC(N)=S.c1cc2cc-2c1. The summed E-state index contributed by atoms with van der Waals surface area (Å²) in [5, 5.41) is 3.15. The minimum absolute atomic E-state index is 0.254. The Hall–Kier alpha value is -2.07. The summed E-state index contributed by atoms with van der Waals surface area (Å²) in [4.78, 5) is 0. The highest BCUT2D eigenvalue weighted by Gasteiger charge is 2.07. The molecule has 0 unspecified atom stereocenters. The summed E-state index contributed by atoms with van der Waals surface area (Å²) in [5.41, 5.74) is 9.11. The van der Waals surface area contributed by atoms with Gasteiger partial charge in [-0.2, -0.15) is 0 Å². The van der Waals surface area contributed by atoms with Crippen LogP contribution in [0.5, 0.6) is 5.75 Å². The molecule has 0 atom stereocenters. The number of hydrogen-bond donors (Lipinski definition) is 2. The van der Waals surface area contributed by atoms with Crippen LogP contribution in [0.4, 0.5) is 5.69 Å². The fourth-order valence-electron chi connectivity index (χ4n) is 2.04. The Labute approximate surface area is 137 Å². The van der Waals surface area contributed by atoms with E-state index in [0.29, 0.717) is 0 Å². The molecule has 0 heterocycles. The topological polar surface area (TPSA) is 47.3 Å². The van der Waals surface area contributed by atoms with Crippen molar-refractivity contribution < 1.29 is 4.74 Å². The molecule has 116 valence electrons. The van der Waals surface area contributed by atoms with Gasteiger partial charge in [-0.1, -0.05) is 50.1 Å². The van der Waals surface area contributed by atoms with Crippen LogP contribution < -0.4 is 15.8 Å². The molecular weight excluding hydrogens is 292 g/mol. The van der Waals surface area contributed by atoms with Gasteiger partial charge in [-0.15, -0.1) is 0 Å². The largest absolute Gasteiger partial charge is 0.491 e. The van der Waals surface area contributed by atoms with Gasteiger partial charge in [0.25, 0.3) is 0 Å². The van der Waals surface area contributed by atoms with Gasteiger partial charge in [0.1, 0.15) is 5.75 Å². The van der Waals surface area contributed by atoms with Crippen molar-refractivity contribution in [1.82, 2.24) is 0 Å². The van der Waals surface area contributed by atoms with Crippen LogP contribution in [0, 0.1) is 0 Å². The summed E-state index contributed by atoms with van der Waals surface area (Å²) in [5.74, 6) is 0.798. The first kappa shape index (κ1) is 16.3. The monoisotopic (exact) mass is 314 g/mol. The fourth-order valence-corrected chi connectivity index (χ4v) is 2.15. The Morgan fingerprint density at radius 3 is 2.36 bits per heavy atom. The Bertz CT molecular complexity index is 611. The van der Waals surface area contributed by atoms with Crippen LogP contribution >= 0.6 is 12.2 Å². The molecule has 3 rings (SSSR count). The molecule has 0 radical (unpaired) electrons. The van der Waals surface area contributed by atoms with Crippen LogP contribution in [0.15, 0.2) is 48.5 Å². The van der Waals surface area contributed by atoms with Gasteiger partial charge in [0.15, 0.2) is 5.11 Å². The first-order valence-corrected chi connectivity index (χ1v) is 8.00. The van der Waals surface area contributed by atoms with Gasteiger partial charge in [0.2, 0.25) is 0 Å². The maximum Gasteiger partial charge on any atom is 0.168 e. The number of unbranched alkanes of at least 4 members (excludes halogenated alkanes) is 2. The lowest BCUT2D eigenvalue weighted by Crippen LogP contribution is -2.19. The van der Waals surface area contributed by atoms with E-state index in [4.69, 9.17) is 22.7 Å². The van der Waals surface area contributed by atoms with E-state index in [1.54, 1.807) is 0 Å². The summed E-state index contributed by atoms with van der Waals surface area (Å²) < 4.78 is 5.66. The standard InChI is InChI=1S/C12H18N2OS.C6H4/c1-2-3-6-9-15-11-8-5-4-7-10(11)14-12(13)16;1-2-5-4-6(5)3-1/h4-5,7-8H,2-3,6,9H2,1H3,(H3,13,14,16);1-4H. The molecule has 1 aromatic carbocycles. The fraction of sp³-hybridized carbons (Fsp3) is 0.278. The average Bonchev–Trinajstić information content (AvgIpc) is 3.11. The van der Waals surface area contributed by atoms with Gasteiger partial charge in [0, 0.05) is 0 Å². The van der Waals surface area contributed by atoms with Crippen LogP contribution in [0.25, 0.3) is 11.1 Å². The predicted octanol–water partition coefficient (Wildman–Crippen LogP) is 4.58. The summed E-state index contributed by atoms with van der Waals surface area (Å²) in [7, 11) is 0. The number of thiocarbonyl (C=S) groups is 1. The molecule has 0 amide bonds. The Balaban J connectivity index is 0.000000238. The van der Waals surface area contributed by atoms with Gasteiger partial charge in [-0.25, -0.2) is 0 Å². The van der Waals surface area contributed by atoms with E-state index in [1.807, 2.05) is 24.3 Å². The van der Waals surface area contributed by atoms with E-state index in [2.05, 4.69) is 36.5 Å². The molecule has 4 heteroatoms.